The molecule has 13 heavy (non-hydrogen) atoms. The molecule has 0 aliphatic heterocycles. The molecule has 0 amide bonds. The van der Waals surface area contributed by atoms with Gasteiger partial charge >= 0.3 is 0 Å². The Morgan fingerprint density at radius 3 is 2.77 bits per heavy atom. The maximum absolute atomic E-state index is 10.4. The SMILES string of the molecule is CCC(O)(c1ccnn1C)C1CC1. The van der Waals surface area contributed by atoms with E-state index in [0.717, 1.165) is 25.0 Å². The van der Waals surface area contributed by atoms with Gasteiger partial charge in [-0.15, -0.1) is 0 Å². The first kappa shape index (κ1) is 8.75. The van der Waals surface area contributed by atoms with Crippen LogP contribution >= 0.6 is 0 Å². The lowest BCUT2D eigenvalue weighted by Crippen LogP contribution is -2.30. The van der Waals surface area contributed by atoms with Crippen LogP contribution in [0.25, 0.3) is 0 Å². The monoisotopic (exact) mass is 180 g/mol. The van der Waals surface area contributed by atoms with E-state index in [9.17, 15) is 5.11 Å². The fraction of sp³-hybridized carbons (Fsp3) is 0.700. The van der Waals surface area contributed by atoms with E-state index in [2.05, 4.69) is 5.10 Å². The fourth-order valence-corrected chi connectivity index (χ4v) is 2.04. The third-order valence-corrected chi connectivity index (χ3v) is 3.06. The minimum atomic E-state index is -0.634. The Labute approximate surface area is 78.4 Å². The molecule has 0 saturated heterocycles. The molecule has 72 valence electrons. The van der Waals surface area contributed by atoms with Gasteiger partial charge in [-0.25, -0.2) is 0 Å². The summed E-state index contributed by atoms with van der Waals surface area (Å²) in [5.74, 6) is 0.452. The van der Waals surface area contributed by atoms with E-state index in [0.29, 0.717) is 5.92 Å². The average molecular weight is 180 g/mol. The van der Waals surface area contributed by atoms with Gasteiger partial charge in [0, 0.05) is 13.2 Å². The zero-order valence-corrected chi connectivity index (χ0v) is 8.20. The predicted octanol–water partition coefficient (Wildman–Crippen LogP) is 1.43. The Hall–Kier alpha value is -0.830. The molecule has 3 nitrogen and oxygen atoms in total. The standard InChI is InChI=1S/C10H16N2O/c1-3-10(13,8-4-5-8)9-6-7-11-12(9)2/h6-8,13H,3-5H2,1-2H3. The number of nitrogens with zero attached hydrogens (tertiary/aromatic N) is 2. The second-order valence-electron chi connectivity index (χ2n) is 3.89. The van der Waals surface area contributed by atoms with Crippen LogP contribution in [0.1, 0.15) is 31.9 Å². The highest BCUT2D eigenvalue weighted by Gasteiger charge is 2.45. The molecule has 1 fully saturated rings. The first-order valence-electron chi connectivity index (χ1n) is 4.89. The van der Waals surface area contributed by atoms with Crippen LogP contribution in [0.3, 0.4) is 0 Å². The molecule has 3 heteroatoms. The van der Waals surface area contributed by atoms with Crippen molar-refractivity contribution in [1.82, 2.24) is 9.78 Å². The number of hydrogen-bond acceptors (Lipinski definition) is 2. The molecular formula is C10H16N2O. The van der Waals surface area contributed by atoms with Crippen LogP contribution in [0, 0.1) is 5.92 Å². The topological polar surface area (TPSA) is 38.1 Å². The van der Waals surface area contributed by atoms with E-state index in [1.807, 2.05) is 20.0 Å². The molecule has 1 aromatic heterocycles. The lowest BCUT2D eigenvalue weighted by molar-refractivity contribution is 0.00111. The van der Waals surface area contributed by atoms with Crippen LogP contribution in [-0.4, -0.2) is 14.9 Å². The summed E-state index contributed by atoms with van der Waals surface area (Å²) >= 11 is 0. The first-order valence-corrected chi connectivity index (χ1v) is 4.89. The summed E-state index contributed by atoms with van der Waals surface area (Å²) in [5.41, 5.74) is 0.322. The van der Waals surface area contributed by atoms with E-state index in [1.165, 1.54) is 0 Å². The molecule has 0 spiro atoms. The number of hydrogen-bond donors (Lipinski definition) is 1. The van der Waals surface area contributed by atoms with Gasteiger partial charge in [0.15, 0.2) is 0 Å². The maximum atomic E-state index is 10.4. The van der Waals surface area contributed by atoms with E-state index < -0.39 is 5.60 Å². The van der Waals surface area contributed by atoms with Crippen molar-refractivity contribution in [2.75, 3.05) is 0 Å². The lowest BCUT2D eigenvalue weighted by Gasteiger charge is -2.26. The van der Waals surface area contributed by atoms with Crippen molar-refractivity contribution >= 4 is 0 Å². The second kappa shape index (κ2) is 2.84. The largest absolute Gasteiger partial charge is 0.383 e. The Kier molecular flexibility index (Phi) is 1.91. The van der Waals surface area contributed by atoms with E-state index in [1.54, 1.807) is 10.9 Å². The molecule has 0 bridgehead atoms. The minimum absolute atomic E-state index is 0.452. The van der Waals surface area contributed by atoms with E-state index in [-0.39, 0.29) is 0 Å². The van der Waals surface area contributed by atoms with E-state index in [4.69, 9.17) is 0 Å². The second-order valence-corrected chi connectivity index (χ2v) is 3.89. The highest BCUT2D eigenvalue weighted by atomic mass is 16.3. The molecule has 1 saturated carbocycles. The summed E-state index contributed by atoms with van der Waals surface area (Å²) in [4.78, 5) is 0. The highest BCUT2D eigenvalue weighted by molar-refractivity contribution is 5.15. The van der Waals surface area contributed by atoms with Gasteiger partial charge in [0.1, 0.15) is 5.60 Å². The van der Waals surface area contributed by atoms with Crippen molar-refractivity contribution in [3.63, 3.8) is 0 Å². The van der Waals surface area contributed by atoms with Gasteiger partial charge in [-0.3, -0.25) is 4.68 Å². The molecule has 1 unspecified atom stereocenters. The summed E-state index contributed by atoms with van der Waals surface area (Å²) in [6.45, 7) is 2.03. The first-order chi connectivity index (χ1) is 6.18. The Morgan fingerprint density at radius 2 is 2.38 bits per heavy atom. The van der Waals surface area contributed by atoms with E-state index >= 15 is 0 Å². The minimum Gasteiger partial charge on any atom is -0.383 e. The van der Waals surface area contributed by atoms with Crippen LogP contribution in [0.15, 0.2) is 12.3 Å². The zero-order valence-electron chi connectivity index (χ0n) is 8.20. The molecular weight excluding hydrogens is 164 g/mol. The quantitative estimate of drug-likeness (QED) is 0.764. The molecule has 1 aliphatic carbocycles. The molecule has 1 aliphatic rings. The van der Waals surface area contributed by atoms with Gasteiger partial charge in [-0.1, -0.05) is 6.92 Å². The normalized spacial score (nSPS) is 21.5. The summed E-state index contributed by atoms with van der Waals surface area (Å²) in [5, 5.41) is 14.5. The van der Waals surface area contributed by atoms with Crippen molar-refractivity contribution in [1.29, 1.82) is 0 Å². The Balaban J connectivity index is 2.35. The Morgan fingerprint density at radius 1 is 1.69 bits per heavy atom. The van der Waals surface area contributed by atoms with Gasteiger partial charge in [-0.2, -0.15) is 5.10 Å². The summed E-state index contributed by atoms with van der Waals surface area (Å²) in [6.07, 6.45) is 4.82. The van der Waals surface area contributed by atoms with Crippen LogP contribution in [0.2, 0.25) is 0 Å². The van der Waals surface area contributed by atoms with Crippen molar-refractivity contribution < 1.29 is 5.11 Å². The molecule has 1 N–H and O–H groups in total. The van der Waals surface area contributed by atoms with Gasteiger partial charge in [0.2, 0.25) is 0 Å². The summed E-state index contributed by atoms with van der Waals surface area (Å²) in [6, 6.07) is 1.92. The van der Waals surface area contributed by atoms with Gasteiger partial charge in [0.25, 0.3) is 0 Å². The Bertz CT molecular complexity index is 304. The molecule has 1 heterocycles. The van der Waals surface area contributed by atoms with Crippen molar-refractivity contribution in [2.45, 2.75) is 31.8 Å². The number of aromatic nitrogens is 2. The molecule has 0 aromatic carbocycles. The van der Waals surface area contributed by atoms with Crippen LogP contribution in [0.5, 0.6) is 0 Å². The maximum Gasteiger partial charge on any atom is 0.109 e. The summed E-state index contributed by atoms with van der Waals surface area (Å²) < 4.78 is 1.78. The number of aryl methyl sites for hydroxylation is 1. The van der Waals surface area contributed by atoms with Crippen molar-refractivity contribution in [3.8, 4) is 0 Å². The highest BCUT2D eigenvalue weighted by Crippen LogP contribution is 2.47. The molecule has 1 aromatic rings. The smallest absolute Gasteiger partial charge is 0.109 e. The third kappa shape index (κ3) is 1.27. The summed E-state index contributed by atoms with van der Waals surface area (Å²) in [7, 11) is 1.89. The predicted molar refractivity (Wildman–Crippen MR) is 50.1 cm³/mol. The molecule has 1 atom stereocenters. The fourth-order valence-electron chi connectivity index (χ4n) is 2.04. The lowest BCUT2D eigenvalue weighted by atomic mass is 9.91. The molecule has 2 rings (SSSR count). The average Bonchev–Trinajstić information content (AvgIpc) is 2.89. The number of rotatable bonds is 3. The number of aliphatic hydroxyl groups is 1. The molecule has 0 radical (unpaired) electrons. The third-order valence-electron chi connectivity index (χ3n) is 3.06. The van der Waals surface area contributed by atoms with Crippen molar-refractivity contribution in [3.05, 3.63) is 18.0 Å². The van der Waals surface area contributed by atoms with Crippen LogP contribution in [0.4, 0.5) is 0 Å². The van der Waals surface area contributed by atoms with Crippen molar-refractivity contribution in [2.24, 2.45) is 13.0 Å². The zero-order chi connectivity index (χ0) is 9.47. The van der Waals surface area contributed by atoms with Gasteiger partial charge in [0.05, 0.1) is 5.69 Å². The van der Waals surface area contributed by atoms with Gasteiger partial charge in [-0.05, 0) is 31.2 Å². The van der Waals surface area contributed by atoms with Crippen LogP contribution < -0.4 is 0 Å². The van der Waals surface area contributed by atoms with Crippen LogP contribution in [-0.2, 0) is 12.6 Å². The van der Waals surface area contributed by atoms with Gasteiger partial charge < -0.3 is 5.11 Å².